The first-order valence-corrected chi connectivity index (χ1v) is 7.73. The molecular formula is C13H12ClNO2S2. The van der Waals surface area contributed by atoms with Gasteiger partial charge in [-0.2, -0.15) is 0 Å². The van der Waals surface area contributed by atoms with Gasteiger partial charge in [-0.25, -0.2) is 0 Å². The van der Waals surface area contributed by atoms with Gasteiger partial charge in [0.05, 0.1) is 22.1 Å². The SMILES string of the molecule is COc1ccc(NC(=O)CSc2cccs2)cc1Cl. The Morgan fingerprint density at radius 3 is 2.95 bits per heavy atom. The number of anilines is 1. The molecule has 0 bridgehead atoms. The number of hydrogen-bond acceptors (Lipinski definition) is 4. The highest BCUT2D eigenvalue weighted by Crippen LogP contribution is 2.28. The highest BCUT2D eigenvalue weighted by atomic mass is 35.5. The van der Waals surface area contributed by atoms with Crippen molar-refractivity contribution in [2.45, 2.75) is 4.21 Å². The fourth-order valence-electron chi connectivity index (χ4n) is 1.42. The van der Waals surface area contributed by atoms with Gasteiger partial charge in [-0.1, -0.05) is 17.7 Å². The summed E-state index contributed by atoms with van der Waals surface area (Å²) in [7, 11) is 1.55. The summed E-state index contributed by atoms with van der Waals surface area (Å²) in [5.74, 6) is 0.914. The van der Waals surface area contributed by atoms with Gasteiger partial charge in [0, 0.05) is 5.69 Å². The third kappa shape index (κ3) is 4.16. The largest absolute Gasteiger partial charge is 0.495 e. The number of carbonyl (C=O) groups excluding carboxylic acids is 1. The zero-order valence-electron chi connectivity index (χ0n) is 10.2. The zero-order valence-corrected chi connectivity index (χ0v) is 12.6. The van der Waals surface area contributed by atoms with Gasteiger partial charge in [0.1, 0.15) is 5.75 Å². The maximum atomic E-state index is 11.8. The molecule has 0 saturated heterocycles. The van der Waals surface area contributed by atoms with Crippen LogP contribution in [0.1, 0.15) is 0 Å². The second kappa shape index (κ2) is 6.84. The van der Waals surface area contributed by atoms with Gasteiger partial charge in [0.15, 0.2) is 0 Å². The van der Waals surface area contributed by atoms with Crippen molar-refractivity contribution in [3.63, 3.8) is 0 Å². The summed E-state index contributed by atoms with van der Waals surface area (Å²) in [6, 6.07) is 9.12. The van der Waals surface area contributed by atoms with Crippen molar-refractivity contribution in [2.75, 3.05) is 18.2 Å². The first-order chi connectivity index (χ1) is 9.19. The number of nitrogens with one attached hydrogen (secondary N) is 1. The molecule has 1 aromatic heterocycles. The molecule has 0 aliphatic rings. The standard InChI is InChI=1S/C13H12ClNO2S2/c1-17-11-5-4-9(7-10(11)14)15-12(16)8-19-13-3-2-6-18-13/h2-7H,8H2,1H3,(H,15,16). The second-order valence-electron chi connectivity index (χ2n) is 3.62. The van der Waals surface area contributed by atoms with Gasteiger partial charge in [-0.05, 0) is 29.6 Å². The van der Waals surface area contributed by atoms with E-state index in [1.54, 1.807) is 36.6 Å². The molecule has 2 aromatic rings. The molecule has 0 radical (unpaired) electrons. The molecule has 1 aromatic carbocycles. The minimum Gasteiger partial charge on any atom is -0.495 e. The summed E-state index contributed by atoms with van der Waals surface area (Å²) in [4.78, 5) is 11.8. The number of thioether (sulfide) groups is 1. The number of thiophene rings is 1. The van der Waals surface area contributed by atoms with Crippen molar-refractivity contribution in [3.05, 3.63) is 40.7 Å². The lowest BCUT2D eigenvalue weighted by molar-refractivity contribution is -0.113. The first-order valence-electron chi connectivity index (χ1n) is 5.49. The summed E-state index contributed by atoms with van der Waals surface area (Å²) in [6.45, 7) is 0. The quantitative estimate of drug-likeness (QED) is 0.843. The van der Waals surface area contributed by atoms with Crippen LogP contribution in [0.25, 0.3) is 0 Å². The second-order valence-corrected chi connectivity index (χ2v) is 6.25. The zero-order chi connectivity index (χ0) is 13.7. The Labute approximate surface area is 124 Å². The fraction of sp³-hybridized carbons (Fsp3) is 0.154. The number of methoxy groups -OCH3 is 1. The van der Waals surface area contributed by atoms with Crippen LogP contribution in [0.3, 0.4) is 0 Å². The van der Waals surface area contributed by atoms with Gasteiger partial charge >= 0.3 is 0 Å². The van der Waals surface area contributed by atoms with Gasteiger partial charge in [-0.3, -0.25) is 4.79 Å². The van der Waals surface area contributed by atoms with Crippen LogP contribution in [0.5, 0.6) is 5.75 Å². The van der Waals surface area contributed by atoms with Crippen LogP contribution in [0.2, 0.25) is 5.02 Å². The lowest BCUT2D eigenvalue weighted by Gasteiger charge is -2.07. The molecule has 0 aliphatic carbocycles. The number of ether oxygens (including phenoxy) is 1. The normalized spacial score (nSPS) is 10.2. The number of carbonyl (C=O) groups is 1. The van der Waals surface area contributed by atoms with Crippen LogP contribution < -0.4 is 10.1 Å². The molecule has 6 heteroatoms. The van der Waals surface area contributed by atoms with Gasteiger partial charge in [-0.15, -0.1) is 23.1 Å². The van der Waals surface area contributed by atoms with E-state index < -0.39 is 0 Å². The predicted octanol–water partition coefficient (Wildman–Crippen LogP) is 4.14. The van der Waals surface area contributed by atoms with Gasteiger partial charge < -0.3 is 10.1 Å². The number of rotatable bonds is 5. The van der Waals surface area contributed by atoms with E-state index in [4.69, 9.17) is 16.3 Å². The molecule has 0 atom stereocenters. The van der Waals surface area contributed by atoms with E-state index in [9.17, 15) is 4.79 Å². The van der Waals surface area contributed by atoms with Crippen molar-refractivity contribution in [1.82, 2.24) is 0 Å². The van der Waals surface area contributed by atoms with Gasteiger partial charge in [0.25, 0.3) is 0 Å². The Kier molecular flexibility index (Phi) is 5.13. The van der Waals surface area contributed by atoms with E-state index in [1.165, 1.54) is 11.8 Å². The predicted molar refractivity (Wildman–Crippen MR) is 81.7 cm³/mol. The molecule has 0 fully saturated rings. The molecule has 0 unspecified atom stereocenters. The Hall–Kier alpha value is -1.17. The molecule has 1 amide bonds. The van der Waals surface area contributed by atoms with Gasteiger partial charge in [0.2, 0.25) is 5.91 Å². The third-order valence-corrected chi connectivity index (χ3v) is 4.70. The van der Waals surface area contributed by atoms with E-state index in [0.29, 0.717) is 22.2 Å². The lowest BCUT2D eigenvalue weighted by Crippen LogP contribution is -2.13. The topological polar surface area (TPSA) is 38.3 Å². The van der Waals surface area contributed by atoms with E-state index in [-0.39, 0.29) is 5.91 Å². The van der Waals surface area contributed by atoms with E-state index in [2.05, 4.69) is 5.32 Å². The monoisotopic (exact) mass is 313 g/mol. The van der Waals surface area contributed by atoms with E-state index in [1.807, 2.05) is 17.5 Å². The molecule has 1 N–H and O–H groups in total. The average Bonchev–Trinajstić information content (AvgIpc) is 2.90. The lowest BCUT2D eigenvalue weighted by atomic mass is 10.3. The molecule has 0 aliphatic heterocycles. The summed E-state index contributed by atoms with van der Waals surface area (Å²) in [5.41, 5.74) is 0.669. The van der Waals surface area contributed by atoms with Crippen molar-refractivity contribution < 1.29 is 9.53 Å². The average molecular weight is 314 g/mol. The molecule has 1 heterocycles. The van der Waals surface area contributed by atoms with E-state index in [0.717, 1.165) is 4.21 Å². The number of amides is 1. The van der Waals surface area contributed by atoms with E-state index >= 15 is 0 Å². The Bertz CT molecular complexity index is 558. The minimum atomic E-state index is -0.0559. The van der Waals surface area contributed by atoms with Crippen molar-refractivity contribution in [2.24, 2.45) is 0 Å². The van der Waals surface area contributed by atoms with Crippen LogP contribution in [-0.4, -0.2) is 18.8 Å². The number of benzene rings is 1. The Morgan fingerprint density at radius 2 is 2.32 bits per heavy atom. The van der Waals surface area contributed by atoms with Crippen molar-refractivity contribution in [1.29, 1.82) is 0 Å². The summed E-state index contributed by atoms with van der Waals surface area (Å²) >= 11 is 9.13. The Morgan fingerprint density at radius 1 is 1.47 bits per heavy atom. The highest BCUT2D eigenvalue weighted by molar-refractivity contribution is 8.01. The first kappa shape index (κ1) is 14.2. The van der Waals surface area contributed by atoms with Crippen LogP contribution in [0.4, 0.5) is 5.69 Å². The molecular weight excluding hydrogens is 302 g/mol. The third-order valence-electron chi connectivity index (χ3n) is 2.28. The van der Waals surface area contributed by atoms with Crippen molar-refractivity contribution in [3.8, 4) is 5.75 Å². The Balaban J connectivity index is 1.90. The molecule has 3 nitrogen and oxygen atoms in total. The maximum absolute atomic E-state index is 11.8. The maximum Gasteiger partial charge on any atom is 0.234 e. The van der Waals surface area contributed by atoms with Crippen LogP contribution in [-0.2, 0) is 4.79 Å². The van der Waals surface area contributed by atoms with Crippen LogP contribution in [0.15, 0.2) is 39.9 Å². The highest BCUT2D eigenvalue weighted by Gasteiger charge is 2.06. The molecule has 0 saturated carbocycles. The smallest absolute Gasteiger partial charge is 0.234 e. The van der Waals surface area contributed by atoms with Crippen LogP contribution >= 0.6 is 34.7 Å². The molecule has 100 valence electrons. The van der Waals surface area contributed by atoms with Crippen LogP contribution in [0, 0.1) is 0 Å². The summed E-state index contributed by atoms with van der Waals surface area (Å²) in [6.07, 6.45) is 0. The molecule has 19 heavy (non-hydrogen) atoms. The number of halogens is 1. The summed E-state index contributed by atoms with van der Waals surface area (Å²) < 4.78 is 6.18. The summed E-state index contributed by atoms with van der Waals surface area (Å²) in [5, 5.41) is 5.27. The molecule has 2 rings (SSSR count). The number of hydrogen-bond donors (Lipinski definition) is 1. The fourth-order valence-corrected chi connectivity index (χ4v) is 3.27. The van der Waals surface area contributed by atoms with Crippen molar-refractivity contribution >= 4 is 46.3 Å². The molecule has 0 spiro atoms. The minimum absolute atomic E-state index is 0.0559.